The highest BCUT2D eigenvalue weighted by atomic mass is 79.9. The molecule has 0 aliphatic carbocycles. The smallest absolute Gasteiger partial charge is 0.0592 e. The Labute approximate surface area is 136 Å². The average Bonchev–Trinajstić information content (AvgIpc) is 2.52. The summed E-state index contributed by atoms with van der Waals surface area (Å²) in [7, 11) is 0. The first-order valence-corrected chi connectivity index (χ1v) is 8.38. The molecule has 1 aromatic carbocycles. The van der Waals surface area contributed by atoms with E-state index in [0.717, 1.165) is 11.0 Å². The molecule has 0 bridgehead atoms. The van der Waals surface area contributed by atoms with Gasteiger partial charge in [0.15, 0.2) is 0 Å². The lowest BCUT2D eigenvalue weighted by Crippen LogP contribution is -2.22. The van der Waals surface area contributed by atoms with Gasteiger partial charge in [0.1, 0.15) is 0 Å². The van der Waals surface area contributed by atoms with Crippen LogP contribution in [-0.2, 0) is 0 Å². The molecule has 0 spiro atoms. The summed E-state index contributed by atoms with van der Waals surface area (Å²) in [5, 5.41) is 3.54. The molecule has 1 N–H and O–H groups in total. The molecule has 0 saturated carbocycles. The molecule has 112 valence electrons. The molecule has 0 aliphatic heterocycles. The first-order chi connectivity index (χ1) is 10.2. The van der Waals surface area contributed by atoms with E-state index >= 15 is 0 Å². The quantitative estimate of drug-likeness (QED) is 0.790. The summed E-state index contributed by atoms with van der Waals surface area (Å²) in [6, 6.07) is 11.3. The van der Waals surface area contributed by atoms with Crippen LogP contribution in [0.15, 0.2) is 47.2 Å². The maximum absolute atomic E-state index is 4.29. The average molecular weight is 347 g/mol. The van der Waals surface area contributed by atoms with Crippen molar-refractivity contribution in [2.45, 2.75) is 39.2 Å². The van der Waals surface area contributed by atoms with E-state index in [2.05, 4.69) is 77.3 Å². The van der Waals surface area contributed by atoms with Crippen LogP contribution in [0.1, 0.15) is 55.8 Å². The largest absolute Gasteiger partial charge is 0.306 e. The van der Waals surface area contributed by atoms with Gasteiger partial charge in [-0.1, -0.05) is 45.0 Å². The maximum Gasteiger partial charge on any atom is 0.0592 e. The fraction of sp³-hybridized carbons (Fsp3) is 0.389. The molecule has 0 amide bonds. The van der Waals surface area contributed by atoms with Crippen molar-refractivity contribution < 1.29 is 0 Å². The summed E-state index contributed by atoms with van der Waals surface area (Å²) >= 11 is 3.50. The topological polar surface area (TPSA) is 24.9 Å². The third-order valence-electron chi connectivity index (χ3n) is 3.92. The minimum Gasteiger partial charge on any atom is -0.306 e. The fourth-order valence-corrected chi connectivity index (χ4v) is 2.85. The number of aromatic nitrogens is 1. The minimum atomic E-state index is 0.186. The normalized spacial score (nSPS) is 13.9. The van der Waals surface area contributed by atoms with Crippen molar-refractivity contribution in [3.63, 3.8) is 0 Å². The molecule has 0 fully saturated rings. The lowest BCUT2D eigenvalue weighted by atomic mass is 9.94. The van der Waals surface area contributed by atoms with Crippen LogP contribution in [0.3, 0.4) is 0 Å². The fourth-order valence-electron chi connectivity index (χ4n) is 2.47. The van der Waals surface area contributed by atoms with Gasteiger partial charge in [0.05, 0.1) is 6.04 Å². The van der Waals surface area contributed by atoms with Gasteiger partial charge in [0.25, 0.3) is 0 Å². The summed E-state index contributed by atoms with van der Waals surface area (Å²) in [4.78, 5) is 4.29. The van der Waals surface area contributed by atoms with Gasteiger partial charge in [-0.3, -0.25) is 4.98 Å². The molecule has 2 nitrogen and oxygen atoms in total. The monoisotopic (exact) mass is 346 g/mol. The van der Waals surface area contributed by atoms with Crippen LogP contribution in [-0.4, -0.2) is 11.5 Å². The molecule has 1 heterocycles. The predicted molar refractivity (Wildman–Crippen MR) is 92.6 cm³/mol. The molecule has 21 heavy (non-hydrogen) atoms. The third kappa shape index (κ3) is 4.14. The second-order valence-corrected chi connectivity index (χ2v) is 6.32. The van der Waals surface area contributed by atoms with E-state index in [9.17, 15) is 0 Å². The van der Waals surface area contributed by atoms with Gasteiger partial charge in [0, 0.05) is 16.9 Å². The molecular formula is C18H23BrN2. The maximum atomic E-state index is 4.29. The number of nitrogens with one attached hydrogen (secondary N) is 1. The van der Waals surface area contributed by atoms with E-state index in [1.54, 1.807) is 0 Å². The van der Waals surface area contributed by atoms with E-state index < -0.39 is 0 Å². The van der Waals surface area contributed by atoms with Crippen LogP contribution in [0.25, 0.3) is 0 Å². The molecule has 2 unspecified atom stereocenters. The molecule has 0 radical (unpaired) electrons. The minimum absolute atomic E-state index is 0.186. The second-order valence-electron chi connectivity index (χ2n) is 5.40. The van der Waals surface area contributed by atoms with Crippen LogP contribution in [0.2, 0.25) is 0 Å². The van der Waals surface area contributed by atoms with E-state index in [-0.39, 0.29) is 6.04 Å². The Hall–Kier alpha value is -1.19. The highest BCUT2D eigenvalue weighted by molar-refractivity contribution is 9.10. The number of halogens is 1. The Bertz CT molecular complexity index is 566. The van der Waals surface area contributed by atoms with Crippen molar-refractivity contribution in [1.82, 2.24) is 10.3 Å². The number of rotatable bonds is 6. The van der Waals surface area contributed by atoms with Crippen LogP contribution in [0.4, 0.5) is 0 Å². The Morgan fingerprint density at radius 3 is 2.29 bits per heavy atom. The summed E-state index contributed by atoms with van der Waals surface area (Å²) < 4.78 is 1.01. The van der Waals surface area contributed by atoms with Gasteiger partial charge in [-0.15, -0.1) is 0 Å². The molecule has 2 aromatic rings. The van der Waals surface area contributed by atoms with Crippen LogP contribution in [0, 0.1) is 0 Å². The zero-order valence-corrected chi connectivity index (χ0v) is 14.5. The van der Waals surface area contributed by atoms with Crippen molar-refractivity contribution in [3.8, 4) is 0 Å². The van der Waals surface area contributed by atoms with Crippen LogP contribution >= 0.6 is 15.9 Å². The summed E-state index contributed by atoms with van der Waals surface area (Å²) in [6.07, 6.45) is 4.92. The zero-order chi connectivity index (χ0) is 15.2. The Morgan fingerprint density at radius 1 is 1.05 bits per heavy atom. The Balaban J connectivity index is 2.30. The Kier molecular flexibility index (Phi) is 5.95. The first kappa shape index (κ1) is 16.2. The SMILES string of the molecule is CCNC(c1ccc(C(C)CC)cc1)c1cncc(Br)c1. The number of pyridine rings is 1. The highest BCUT2D eigenvalue weighted by Crippen LogP contribution is 2.26. The standard InChI is InChI=1S/C18H23BrN2/c1-4-13(3)14-6-8-15(9-7-14)18(21-5-2)16-10-17(19)12-20-11-16/h6-13,18,21H,4-5H2,1-3H3. The zero-order valence-electron chi connectivity index (χ0n) is 12.9. The molecule has 1 aromatic heterocycles. The number of hydrogen-bond donors (Lipinski definition) is 1. The van der Waals surface area contributed by atoms with E-state index in [0.29, 0.717) is 5.92 Å². The van der Waals surface area contributed by atoms with Gasteiger partial charge < -0.3 is 5.32 Å². The summed E-state index contributed by atoms with van der Waals surface area (Å²) in [5.41, 5.74) is 3.87. The van der Waals surface area contributed by atoms with Crippen molar-refractivity contribution in [3.05, 3.63) is 63.9 Å². The first-order valence-electron chi connectivity index (χ1n) is 7.59. The number of nitrogens with zero attached hydrogens (tertiary/aromatic N) is 1. The molecule has 2 atom stereocenters. The predicted octanol–water partition coefficient (Wildman–Crippen LogP) is 5.06. The summed E-state index contributed by atoms with van der Waals surface area (Å²) in [5.74, 6) is 0.615. The van der Waals surface area contributed by atoms with Crippen molar-refractivity contribution in [1.29, 1.82) is 0 Å². The van der Waals surface area contributed by atoms with Crippen molar-refractivity contribution in [2.24, 2.45) is 0 Å². The lowest BCUT2D eigenvalue weighted by Gasteiger charge is -2.20. The molecule has 3 heteroatoms. The van der Waals surface area contributed by atoms with Gasteiger partial charge in [0.2, 0.25) is 0 Å². The van der Waals surface area contributed by atoms with E-state index in [1.807, 2.05) is 12.4 Å². The van der Waals surface area contributed by atoms with Gasteiger partial charge >= 0.3 is 0 Å². The van der Waals surface area contributed by atoms with Crippen LogP contribution in [0.5, 0.6) is 0 Å². The third-order valence-corrected chi connectivity index (χ3v) is 4.35. The Morgan fingerprint density at radius 2 is 1.71 bits per heavy atom. The summed E-state index contributed by atoms with van der Waals surface area (Å²) in [6.45, 7) is 7.55. The lowest BCUT2D eigenvalue weighted by molar-refractivity contribution is 0.627. The second kappa shape index (κ2) is 7.71. The number of benzene rings is 1. The molecule has 2 rings (SSSR count). The van der Waals surface area contributed by atoms with E-state index in [1.165, 1.54) is 23.1 Å². The van der Waals surface area contributed by atoms with Gasteiger partial charge in [-0.2, -0.15) is 0 Å². The highest BCUT2D eigenvalue weighted by Gasteiger charge is 2.14. The molecule has 0 aliphatic rings. The van der Waals surface area contributed by atoms with Crippen LogP contribution < -0.4 is 5.32 Å². The van der Waals surface area contributed by atoms with Crippen molar-refractivity contribution in [2.75, 3.05) is 6.54 Å². The number of hydrogen-bond acceptors (Lipinski definition) is 2. The molecular weight excluding hydrogens is 324 g/mol. The van der Waals surface area contributed by atoms with Gasteiger partial charge in [-0.05, 0) is 57.6 Å². The van der Waals surface area contributed by atoms with Gasteiger partial charge in [-0.25, -0.2) is 0 Å². The molecule has 0 saturated heterocycles. The van der Waals surface area contributed by atoms with Crippen molar-refractivity contribution >= 4 is 15.9 Å². The van der Waals surface area contributed by atoms with E-state index in [4.69, 9.17) is 0 Å².